The lowest BCUT2D eigenvalue weighted by atomic mass is 10.2. The van der Waals surface area contributed by atoms with Crippen molar-refractivity contribution in [3.63, 3.8) is 0 Å². The summed E-state index contributed by atoms with van der Waals surface area (Å²) in [6.45, 7) is 0.117. The maximum Gasteiger partial charge on any atom is 0.329 e. The van der Waals surface area contributed by atoms with Crippen LogP contribution in [-0.4, -0.2) is 29.4 Å². The summed E-state index contributed by atoms with van der Waals surface area (Å²) in [5.74, 6) is -0.927. The average Bonchev–Trinajstić information content (AvgIpc) is 2.70. The number of fused-ring (bicyclic) bond motifs is 1. The molecule has 1 aromatic heterocycles. The summed E-state index contributed by atoms with van der Waals surface area (Å²) in [4.78, 5) is 11.2. The Bertz CT molecular complexity index is 550. The van der Waals surface area contributed by atoms with Crippen LogP contribution in [0.1, 0.15) is 6.04 Å². The maximum atomic E-state index is 11.2. The van der Waals surface area contributed by atoms with Gasteiger partial charge in [0.05, 0.1) is 12.1 Å². The van der Waals surface area contributed by atoms with Crippen LogP contribution in [0.25, 0.3) is 10.9 Å². The molecule has 0 aliphatic heterocycles. The van der Waals surface area contributed by atoms with Crippen molar-refractivity contribution >= 4 is 28.5 Å². The Balaban J connectivity index is 2.54. The Morgan fingerprint density at radius 3 is 2.94 bits per heavy atom. The molecule has 1 aromatic carbocycles. The first-order valence-corrected chi connectivity index (χ1v) is 5.49. The minimum Gasteiger partial charge on any atom is -0.480 e. The number of rotatable bonds is 4. The average molecular weight is 254 g/mol. The summed E-state index contributed by atoms with van der Waals surface area (Å²) in [5.41, 5.74) is 0.793. The molecule has 0 amide bonds. The minimum absolute atomic E-state index is 0.117. The van der Waals surface area contributed by atoms with Gasteiger partial charge in [0, 0.05) is 23.7 Å². The van der Waals surface area contributed by atoms with Gasteiger partial charge in [0.1, 0.15) is 0 Å². The van der Waals surface area contributed by atoms with Crippen molar-refractivity contribution in [1.29, 1.82) is 0 Å². The highest BCUT2D eigenvalue weighted by molar-refractivity contribution is 6.35. The third kappa shape index (κ3) is 2.14. The smallest absolute Gasteiger partial charge is 0.329 e. The van der Waals surface area contributed by atoms with Gasteiger partial charge in [-0.2, -0.15) is 0 Å². The highest BCUT2D eigenvalue weighted by Gasteiger charge is 2.20. The normalized spacial score (nSPS) is 12.8. The monoisotopic (exact) mass is 253 g/mol. The zero-order valence-corrected chi connectivity index (χ0v) is 10.0. The number of aliphatic carboxylic acids is 1. The van der Waals surface area contributed by atoms with E-state index in [0.717, 1.165) is 10.9 Å². The first-order valence-electron chi connectivity index (χ1n) is 5.12. The third-order valence-electron chi connectivity index (χ3n) is 2.66. The Labute approximate surface area is 103 Å². The van der Waals surface area contributed by atoms with Gasteiger partial charge in [0.15, 0.2) is 6.04 Å². The van der Waals surface area contributed by atoms with Gasteiger partial charge in [-0.25, -0.2) is 4.79 Å². The summed E-state index contributed by atoms with van der Waals surface area (Å²) in [6, 6.07) is 6.49. The summed E-state index contributed by atoms with van der Waals surface area (Å²) >= 11 is 6.04. The topological polar surface area (TPSA) is 51.5 Å². The summed E-state index contributed by atoms with van der Waals surface area (Å²) in [5, 5.41) is 10.6. The number of halogens is 1. The van der Waals surface area contributed by atoms with Crippen LogP contribution >= 0.6 is 11.6 Å². The van der Waals surface area contributed by atoms with Crippen LogP contribution in [-0.2, 0) is 9.53 Å². The molecule has 2 aromatic rings. The molecule has 0 radical (unpaired) electrons. The molecule has 17 heavy (non-hydrogen) atoms. The number of hydrogen-bond acceptors (Lipinski definition) is 2. The SMILES string of the molecule is COCC(C(=O)O)n1ccc2c(Cl)cccc21. The molecular formula is C12H12ClNO3. The molecule has 1 heterocycles. The van der Waals surface area contributed by atoms with E-state index in [1.807, 2.05) is 12.1 Å². The van der Waals surface area contributed by atoms with Crippen LogP contribution in [0.15, 0.2) is 30.5 Å². The standard InChI is InChI=1S/C12H12ClNO3/c1-17-7-11(12(15)16)14-6-5-8-9(13)3-2-4-10(8)14/h2-6,11H,7H2,1H3,(H,15,16). The number of aromatic nitrogens is 1. The van der Waals surface area contributed by atoms with E-state index in [9.17, 15) is 9.90 Å². The van der Waals surface area contributed by atoms with Gasteiger partial charge in [-0.1, -0.05) is 17.7 Å². The fourth-order valence-corrected chi connectivity index (χ4v) is 2.08. The number of ether oxygens (including phenoxy) is 1. The third-order valence-corrected chi connectivity index (χ3v) is 2.98. The zero-order valence-electron chi connectivity index (χ0n) is 9.26. The number of methoxy groups -OCH3 is 1. The van der Waals surface area contributed by atoms with Crippen LogP contribution in [0.4, 0.5) is 0 Å². The Morgan fingerprint density at radius 2 is 2.29 bits per heavy atom. The number of carbonyl (C=O) groups is 1. The van der Waals surface area contributed by atoms with Crippen molar-refractivity contribution < 1.29 is 14.6 Å². The molecule has 90 valence electrons. The molecule has 5 heteroatoms. The lowest BCUT2D eigenvalue weighted by molar-refractivity contribution is -0.142. The summed E-state index contributed by atoms with van der Waals surface area (Å²) < 4.78 is 6.59. The zero-order chi connectivity index (χ0) is 12.4. The number of nitrogens with zero attached hydrogens (tertiary/aromatic N) is 1. The molecule has 1 N–H and O–H groups in total. The lowest BCUT2D eigenvalue weighted by Crippen LogP contribution is -2.22. The van der Waals surface area contributed by atoms with Crippen molar-refractivity contribution in [2.24, 2.45) is 0 Å². The van der Waals surface area contributed by atoms with Gasteiger partial charge in [-0.05, 0) is 18.2 Å². The van der Waals surface area contributed by atoms with Crippen molar-refractivity contribution in [3.05, 3.63) is 35.5 Å². The predicted octanol–water partition coefficient (Wildman–Crippen LogP) is 2.57. The quantitative estimate of drug-likeness (QED) is 0.911. The highest BCUT2D eigenvalue weighted by Crippen LogP contribution is 2.26. The fourth-order valence-electron chi connectivity index (χ4n) is 1.85. The molecule has 0 aliphatic rings. The molecule has 0 spiro atoms. The van der Waals surface area contributed by atoms with Crippen LogP contribution in [0.3, 0.4) is 0 Å². The molecule has 4 nitrogen and oxygen atoms in total. The molecule has 0 fully saturated rings. The van der Waals surface area contributed by atoms with Crippen molar-refractivity contribution in [2.75, 3.05) is 13.7 Å². The predicted molar refractivity (Wildman–Crippen MR) is 65.5 cm³/mol. The fraction of sp³-hybridized carbons (Fsp3) is 0.250. The molecule has 0 saturated heterocycles. The van der Waals surface area contributed by atoms with Gasteiger partial charge in [0.2, 0.25) is 0 Å². The van der Waals surface area contributed by atoms with E-state index in [1.54, 1.807) is 22.9 Å². The van der Waals surface area contributed by atoms with Gasteiger partial charge >= 0.3 is 5.97 Å². The van der Waals surface area contributed by atoms with E-state index in [0.29, 0.717) is 5.02 Å². The number of carboxylic acids is 1. The van der Waals surface area contributed by atoms with Crippen LogP contribution in [0.5, 0.6) is 0 Å². The highest BCUT2D eigenvalue weighted by atomic mass is 35.5. The summed E-state index contributed by atoms with van der Waals surface area (Å²) in [6.07, 6.45) is 1.72. The minimum atomic E-state index is -0.927. The lowest BCUT2D eigenvalue weighted by Gasteiger charge is -2.14. The molecule has 0 saturated carbocycles. The Morgan fingerprint density at radius 1 is 1.53 bits per heavy atom. The van der Waals surface area contributed by atoms with E-state index < -0.39 is 12.0 Å². The van der Waals surface area contributed by atoms with E-state index in [2.05, 4.69) is 0 Å². The van der Waals surface area contributed by atoms with Gasteiger partial charge in [0.25, 0.3) is 0 Å². The molecule has 0 aliphatic carbocycles. The molecular weight excluding hydrogens is 242 g/mol. The van der Waals surface area contributed by atoms with E-state index >= 15 is 0 Å². The second kappa shape index (κ2) is 4.77. The van der Waals surface area contributed by atoms with Gasteiger partial charge in [-0.3, -0.25) is 0 Å². The molecule has 2 rings (SSSR count). The van der Waals surface area contributed by atoms with Crippen LogP contribution < -0.4 is 0 Å². The maximum absolute atomic E-state index is 11.2. The van der Waals surface area contributed by atoms with E-state index in [4.69, 9.17) is 16.3 Å². The Kier molecular flexibility index (Phi) is 3.36. The van der Waals surface area contributed by atoms with Gasteiger partial charge < -0.3 is 14.4 Å². The van der Waals surface area contributed by atoms with Crippen molar-refractivity contribution in [3.8, 4) is 0 Å². The largest absolute Gasteiger partial charge is 0.480 e. The van der Waals surface area contributed by atoms with Gasteiger partial charge in [-0.15, -0.1) is 0 Å². The van der Waals surface area contributed by atoms with E-state index in [1.165, 1.54) is 7.11 Å². The van der Waals surface area contributed by atoms with Crippen LogP contribution in [0.2, 0.25) is 5.02 Å². The molecule has 1 atom stereocenters. The number of carboxylic acid groups (broad SMARTS) is 1. The van der Waals surface area contributed by atoms with Crippen molar-refractivity contribution in [1.82, 2.24) is 4.57 Å². The second-order valence-corrected chi connectivity index (χ2v) is 4.11. The first-order chi connectivity index (χ1) is 8.15. The van der Waals surface area contributed by atoms with E-state index in [-0.39, 0.29) is 6.61 Å². The molecule has 1 unspecified atom stereocenters. The first kappa shape index (κ1) is 12.0. The number of hydrogen-bond donors (Lipinski definition) is 1. The number of benzene rings is 1. The molecule has 0 bridgehead atoms. The summed E-state index contributed by atoms with van der Waals surface area (Å²) in [7, 11) is 1.48. The second-order valence-electron chi connectivity index (χ2n) is 3.71. The Hall–Kier alpha value is -1.52. The van der Waals surface area contributed by atoms with Crippen LogP contribution in [0, 0.1) is 0 Å². The van der Waals surface area contributed by atoms with Crippen molar-refractivity contribution in [2.45, 2.75) is 6.04 Å².